The van der Waals surface area contributed by atoms with Crippen LogP contribution in [0.5, 0.6) is 0 Å². The monoisotopic (exact) mass is 657 g/mol. The minimum absolute atomic E-state index is 0.00275. The fraction of sp³-hybridized carbons (Fsp3) is 0.625. The minimum atomic E-state index is -0.656. The Morgan fingerprint density at radius 1 is 1.00 bits per heavy atom. The van der Waals surface area contributed by atoms with Gasteiger partial charge in [-0.15, -0.1) is 0 Å². The van der Waals surface area contributed by atoms with Crippen LogP contribution in [0.15, 0.2) is 77.2 Å². The largest absolute Gasteiger partial charge is 0.492 e. The number of cyclic esters (lactones) is 1. The second-order valence-corrected chi connectivity index (χ2v) is 15.4. The molecule has 7 aliphatic rings. The maximum absolute atomic E-state index is 12.7. The van der Waals surface area contributed by atoms with Crippen molar-refractivity contribution in [1.29, 1.82) is 0 Å². The highest BCUT2D eigenvalue weighted by atomic mass is 16.6. The van der Waals surface area contributed by atoms with Gasteiger partial charge in [0.05, 0.1) is 32.3 Å². The zero-order valence-corrected chi connectivity index (χ0v) is 28.1. The number of aliphatic hydroxyl groups is 3. The van der Waals surface area contributed by atoms with E-state index in [2.05, 4.69) is 53.5 Å². The van der Waals surface area contributed by atoms with Crippen LogP contribution in [-0.2, 0) is 19.0 Å². The number of hydrogen-bond acceptors (Lipinski definition) is 8. The Morgan fingerprint density at radius 3 is 2.56 bits per heavy atom. The van der Waals surface area contributed by atoms with Crippen LogP contribution in [-0.4, -0.2) is 71.2 Å². The highest BCUT2D eigenvalue weighted by molar-refractivity contribution is 5.94. The van der Waals surface area contributed by atoms with Crippen molar-refractivity contribution < 1.29 is 34.3 Å². The number of rotatable bonds is 7. The summed E-state index contributed by atoms with van der Waals surface area (Å²) in [6.07, 6.45) is 17.8. The van der Waals surface area contributed by atoms with E-state index >= 15 is 0 Å². The molecular formula is C40H51NO7. The number of aliphatic hydroxyl groups excluding tert-OH is 3. The first-order valence-corrected chi connectivity index (χ1v) is 18.5. The number of nitrogens with zero attached hydrogens (tertiary/aromatic N) is 1. The van der Waals surface area contributed by atoms with Gasteiger partial charge in [0.1, 0.15) is 11.3 Å². The zero-order chi connectivity index (χ0) is 32.9. The van der Waals surface area contributed by atoms with Gasteiger partial charge in [0.25, 0.3) is 0 Å². The lowest BCUT2D eigenvalue weighted by atomic mass is 9.66. The molecule has 0 unspecified atom stereocenters. The Hall–Kier alpha value is -2.91. The molecule has 48 heavy (non-hydrogen) atoms. The molecule has 0 radical (unpaired) electrons. The average molecular weight is 658 g/mol. The first-order chi connectivity index (χ1) is 23.5. The molecule has 8 nitrogen and oxygen atoms in total. The molecule has 4 fully saturated rings. The summed E-state index contributed by atoms with van der Waals surface area (Å²) in [7, 11) is 1.45. The number of esters is 1. The van der Waals surface area contributed by atoms with Crippen LogP contribution in [0.4, 0.5) is 0 Å². The number of ether oxygens (including phenoxy) is 3. The van der Waals surface area contributed by atoms with Gasteiger partial charge < -0.3 is 29.5 Å². The van der Waals surface area contributed by atoms with Crippen molar-refractivity contribution in [2.24, 2.45) is 41.4 Å². The molecule has 2 saturated carbocycles. The number of carbonyl (C=O) groups excluding carboxylic acids is 1. The third kappa shape index (κ3) is 5.38. The van der Waals surface area contributed by atoms with Crippen LogP contribution >= 0.6 is 0 Å². The van der Waals surface area contributed by atoms with E-state index in [1.54, 1.807) is 0 Å². The number of hydrogen-bond donors (Lipinski definition) is 3. The molecule has 3 N–H and O–H groups in total. The molecule has 4 aliphatic heterocycles. The van der Waals surface area contributed by atoms with Gasteiger partial charge in [-0.25, -0.2) is 4.79 Å². The summed E-state index contributed by atoms with van der Waals surface area (Å²) < 4.78 is 17.8. The van der Waals surface area contributed by atoms with Crippen LogP contribution < -0.4 is 0 Å². The number of piperidine rings is 1. The third-order valence-electron chi connectivity index (χ3n) is 13.3. The Morgan fingerprint density at radius 2 is 1.81 bits per heavy atom. The Kier molecular flexibility index (Phi) is 9.03. The summed E-state index contributed by atoms with van der Waals surface area (Å²) in [5.41, 5.74) is 1.43. The predicted molar refractivity (Wildman–Crippen MR) is 180 cm³/mol. The molecule has 0 spiro atoms. The van der Waals surface area contributed by atoms with Crippen molar-refractivity contribution in [1.82, 2.24) is 4.90 Å². The van der Waals surface area contributed by atoms with E-state index < -0.39 is 24.6 Å². The minimum Gasteiger partial charge on any atom is -0.492 e. The summed E-state index contributed by atoms with van der Waals surface area (Å²) >= 11 is 0. The highest BCUT2D eigenvalue weighted by Crippen LogP contribution is 2.57. The average Bonchev–Trinajstić information content (AvgIpc) is 3.91. The fourth-order valence-corrected chi connectivity index (χ4v) is 11.2. The number of fused-ring (bicyclic) bond motifs is 4. The summed E-state index contributed by atoms with van der Waals surface area (Å²) in [5, 5.41) is 33.6. The van der Waals surface area contributed by atoms with E-state index in [4.69, 9.17) is 14.2 Å². The summed E-state index contributed by atoms with van der Waals surface area (Å²) in [5.74, 6) is 2.99. The van der Waals surface area contributed by atoms with E-state index in [0.29, 0.717) is 29.4 Å². The van der Waals surface area contributed by atoms with Gasteiger partial charge in [-0.05, 0) is 79.8 Å². The molecule has 1 aromatic rings. The molecule has 258 valence electrons. The molecule has 8 rings (SSSR count). The van der Waals surface area contributed by atoms with Gasteiger partial charge >= 0.3 is 5.97 Å². The Labute approximate surface area is 284 Å². The molecule has 0 bridgehead atoms. The standard InChI is InChI=1S/C40H51NO7/c1-46-37-31(22-43)40(45)48-39(37)38-30(21-42)34-32-20-29-27(24-11-3-2-4-12-24)16-17-28(29)35(41(32)18-8-15-33(34)47-38)36(44)26-14-7-13-25(19-26)23-9-5-6-10-23/h2-4,7,11-12,14-15,23,25-30,32,34-36,42-44H,5-6,8-10,13,16-22H2,1H3/t25-,26+,27-,28+,29+,30+,32-,34+,35+,36+/m1/s1. The molecule has 0 amide bonds. The summed E-state index contributed by atoms with van der Waals surface area (Å²) in [6.45, 7) is 0.131. The van der Waals surface area contributed by atoms with E-state index in [1.165, 1.54) is 38.4 Å². The van der Waals surface area contributed by atoms with Crippen molar-refractivity contribution in [3.05, 3.63) is 82.7 Å². The summed E-state index contributed by atoms with van der Waals surface area (Å²) in [4.78, 5) is 15.3. The van der Waals surface area contributed by atoms with E-state index in [1.807, 2.05) is 0 Å². The molecule has 0 aromatic heterocycles. The first kappa shape index (κ1) is 32.3. The topological polar surface area (TPSA) is 109 Å². The normalized spacial score (nSPS) is 39.0. The van der Waals surface area contributed by atoms with E-state index in [0.717, 1.165) is 56.7 Å². The molecule has 8 heteroatoms. The SMILES string of the molecule is COC1=C(CO)C(=O)OC1=C1OC2=CCCN3[C@H]([C@@H](O)[C@H]4C=CC[C@@H](C5CCCC5)C4)[C@H]4CC[C@H](c5ccccc5)[C@@H]4C[C@@H]3[C@@H]2[C@@H]1CO. The summed E-state index contributed by atoms with van der Waals surface area (Å²) in [6, 6.07) is 10.9. The lowest BCUT2D eigenvalue weighted by molar-refractivity contribution is -0.134. The Balaban J connectivity index is 1.17. The van der Waals surface area contributed by atoms with Gasteiger partial charge in [-0.1, -0.05) is 68.2 Å². The predicted octanol–water partition coefficient (Wildman–Crippen LogP) is 5.58. The van der Waals surface area contributed by atoms with Crippen molar-refractivity contribution >= 4 is 5.97 Å². The molecule has 1 aromatic carbocycles. The van der Waals surface area contributed by atoms with Crippen LogP contribution in [0.2, 0.25) is 0 Å². The van der Waals surface area contributed by atoms with Crippen LogP contribution in [0.25, 0.3) is 0 Å². The third-order valence-corrected chi connectivity index (χ3v) is 13.3. The molecule has 4 heterocycles. The van der Waals surface area contributed by atoms with Crippen molar-refractivity contribution in [3.63, 3.8) is 0 Å². The lowest BCUT2D eigenvalue weighted by Crippen LogP contribution is -2.62. The van der Waals surface area contributed by atoms with Crippen molar-refractivity contribution in [2.45, 2.75) is 88.3 Å². The first-order valence-electron chi connectivity index (χ1n) is 18.5. The second kappa shape index (κ2) is 13.4. The van der Waals surface area contributed by atoms with Gasteiger partial charge in [0.15, 0.2) is 11.5 Å². The fourth-order valence-electron chi connectivity index (χ4n) is 11.2. The Bertz CT molecular complexity index is 1490. The number of methoxy groups -OCH3 is 1. The van der Waals surface area contributed by atoms with Gasteiger partial charge in [0.2, 0.25) is 5.76 Å². The number of carbonyl (C=O) groups is 1. The van der Waals surface area contributed by atoms with Gasteiger partial charge in [-0.3, -0.25) is 4.90 Å². The van der Waals surface area contributed by atoms with Crippen molar-refractivity contribution in [3.8, 4) is 0 Å². The zero-order valence-electron chi connectivity index (χ0n) is 28.1. The quantitative estimate of drug-likeness (QED) is 0.258. The number of allylic oxidation sites excluding steroid dienone is 1. The smallest absolute Gasteiger partial charge is 0.345 e. The molecule has 3 aliphatic carbocycles. The lowest BCUT2D eigenvalue weighted by Gasteiger charge is -2.53. The van der Waals surface area contributed by atoms with Crippen LogP contribution in [0.3, 0.4) is 0 Å². The van der Waals surface area contributed by atoms with Crippen LogP contribution in [0.1, 0.15) is 75.7 Å². The maximum atomic E-state index is 12.7. The van der Waals surface area contributed by atoms with E-state index in [9.17, 15) is 20.1 Å². The van der Waals surface area contributed by atoms with Crippen molar-refractivity contribution in [2.75, 3.05) is 26.9 Å². The molecule has 10 atom stereocenters. The van der Waals surface area contributed by atoms with Gasteiger partial charge in [0, 0.05) is 30.5 Å². The highest BCUT2D eigenvalue weighted by Gasteiger charge is 2.58. The second-order valence-electron chi connectivity index (χ2n) is 15.4. The maximum Gasteiger partial charge on any atom is 0.345 e. The van der Waals surface area contributed by atoms with Crippen LogP contribution in [0, 0.1) is 41.4 Å². The number of benzene rings is 1. The van der Waals surface area contributed by atoms with Gasteiger partial charge in [-0.2, -0.15) is 0 Å². The van der Waals surface area contributed by atoms with E-state index in [-0.39, 0.29) is 47.6 Å². The molecule has 2 saturated heterocycles. The molecular weight excluding hydrogens is 606 g/mol.